The van der Waals surface area contributed by atoms with Crippen molar-refractivity contribution in [2.24, 2.45) is 39.7 Å². The number of rotatable bonds is 0. The second-order valence-corrected chi connectivity index (χ2v) is 9.58. The lowest BCUT2D eigenvalue weighted by Crippen LogP contribution is -2.55. The van der Waals surface area contributed by atoms with Crippen LogP contribution in [0.15, 0.2) is 5.16 Å². The predicted octanol–water partition coefficient (Wildman–Crippen LogP) is 4.22. The topological polar surface area (TPSA) is 52.8 Å². The van der Waals surface area contributed by atoms with Gasteiger partial charge in [-0.05, 0) is 86.9 Å². The predicted molar refractivity (Wildman–Crippen MR) is 94.7 cm³/mol. The van der Waals surface area contributed by atoms with Gasteiger partial charge in [0.2, 0.25) is 0 Å². The number of nitrogens with zero attached hydrogens (tertiary/aromatic N) is 1. The second-order valence-electron chi connectivity index (χ2n) is 9.58. The van der Waals surface area contributed by atoms with Crippen molar-refractivity contribution in [3.8, 4) is 12.3 Å². The quantitative estimate of drug-likeness (QED) is 0.397. The second kappa shape index (κ2) is 5.24. The largest absolute Gasteiger partial charge is 0.411 e. The molecule has 4 saturated carbocycles. The normalized spacial score (nSPS) is 55.3. The Labute approximate surface area is 145 Å². The van der Waals surface area contributed by atoms with Gasteiger partial charge in [0.15, 0.2) is 0 Å². The lowest BCUT2D eigenvalue weighted by molar-refractivity contribution is -0.127. The first-order valence-corrected chi connectivity index (χ1v) is 9.78. The molecule has 0 heterocycles. The van der Waals surface area contributed by atoms with Gasteiger partial charge in [-0.3, -0.25) is 0 Å². The maximum Gasteiger partial charge on any atom is 0.125 e. The van der Waals surface area contributed by atoms with E-state index in [1.165, 1.54) is 25.7 Å². The number of terminal acetylenes is 1. The first kappa shape index (κ1) is 16.5. The summed E-state index contributed by atoms with van der Waals surface area (Å²) in [5.74, 6) is 5.40. The Morgan fingerprint density at radius 2 is 1.88 bits per heavy atom. The highest BCUT2D eigenvalue weighted by atomic mass is 16.4. The number of aliphatic hydroxyl groups is 1. The monoisotopic (exact) mass is 329 g/mol. The summed E-state index contributed by atoms with van der Waals surface area (Å²) in [7, 11) is 0. The SMILES string of the molecule is C#CC1(O)CC[C@@]2(C)C(CC[C@@H]3[C@@H]2CC[C@]2(C)C(=NO)CC[C@@H]32)C1. The molecule has 2 unspecified atom stereocenters. The van der Waals surface area contributed by atoms with Gasteiger partial charge in [0.1, 0.15) is 5.60 Å². The standard InChI is InChI=1S/C21H31NO2/c1-4-21(23)12-11-19(2)14(13-21)5-6-15-16-7-8-18(22-24)20(16,3)10-9-17(15)19/h1,14-17,23-24H,5-13H2,2-3H3/t14?,15-,16-,17-,19-,20-,21?/m0/s1. The third-order valence-electron chi connectivity index (χ3n) is 8.86. The summed E-state index contributed by atoms with van der Waals surface area (Å²) in [5.41, 5.74) is 0.618. The van der Waals surface area contributed by atoms with E-state index in [1.807, 2.05) is 0 Å². The summed E-state index contributed by atoms with van der Waals surface area (Å²) >= 11 is 0. The number of hydrogen-bond donors (Lipinski definition) is 2. The van der Waals surface area contributed by atoms with Gasteiger partial charge in [-0.2, -0.15) is 0 Å². The fraction of sp³-hybridized carbons (Fsp3) is 0.857. The van der Waals surface area contributed by atoms with Gasteiger partial charge in [0.25, 0.3) is 0 Å². The minimum Gasteiger partial charge on any atom is -0.411 e. The van der Waals surface area contributed by atoms with E-state index < -0.39 is 5.60 Å². The first-order chi connectivity index (χ1) is 11.4. The van der Waals surface area contributed by atoms with Gasteiger partial charge in [0, 0.05) is 5.41 Å². The van der Waals surface area contributed by atoms with Crippen molar-refractivity contribution in [2.75, 3.05) is 0 Å². The molecule has 0 aliphatic heterocycles. The Hall–Kier alpha value is -1.01. The number of fused-ring (bicyclic) bond motifs is 5. The maximum absolute atomic E-state index is 10.6. The van der Waals surface area contributed by atoms with Crippen LogP contribution in [0.3, 0.4) is 0 Å². The van der Waals surface area contributed by atoms with Crippen LogP contribution in [-0.4, -0.2) is 21.6 Å². The number of hydrogen-bond acceptors (Lipinski definition) is 3. The van der Waals surface area contributed by atoms with Crippen molar-refractivity contribution in [2.45, 2.75) is 77.2 Å². The molecule has 4 fully saturated rings. The summed E-state index contributed by atoms with van der Waals surface area (Å²) in [6.07, 6.45) is 15.2. The molecule has 4 aliphatic rings. The van der Waals surface area contributed by atoms with Gasteiger partial charge in [-0.15, -0.1) is 6.42 Å². The molecule has 3 heteroatoms. The first-order valence-electron chi connectivity index (χ1n) is 9.78. The molecule has 7 atom stereocenters. The smallest absolute Gasteiger partial charge is 0.125 e. The minimum absolute atomic E-state index is 0.118. The lowest BCUT2D eigenvalue weighted by atomic mass is 9.44. The van der Waals surface area contributed by atoms with Crippen LogP contribution >= 0.6 is 0 Å². The molecule has 3 nitrogen and oxygen atoms in total. The van der Waals surface area contributed by atoms with E-state index in [9.17, 15) is 10.3 Å². The van der Waals surface area contributed by atoms with Crippen molar-refractivity contribution in [3.63, 3.8) is 0 Å². The zero-order valence-corrected chi connectivity index (χ0v) is 15.1. The molecule has 4 rings (SSSR count). The van der Waals surface area contributed by atoms with E-state index in [2.05, 4.69) is 24.9 Å². The van der Waals surface area contributed by atoms with Gasteiger partial charge in [0.05, 0.1) is 5.71 Å². The van der Waals surface area contributed by atoms with E-state index >= 15 is 0 Å². The highest BCUT2D eigenvalue weighted by molar-refractivity contribution is 5.91. The molecule has 0 aromatic heterocycles. The van der Waals surface area contributed by atoms with Crippen molar-refractivity contribution in [3.05, 3.63) is 0 Å². The van der Waals surface area contributed by atoms with E-state index in [-0.39, 0.29) is 5.41 Å². The fourth-order valence-electron chi connectivity index (χ4n) is 7.33. The van der Waals surface area contributed by atoms with Crippen LogP contribution < -0.4 is 0 Å². The molecule has 0 bridgehead atoms. The minimum atomic E-state index is -0.871. The third kappa shape index (κ3) is 2.05. The van der Waals surface area contributed by atoms with Gasteiger partial charge in [-0.1, -0.05) is 24.9 Å². The molecule has 4 aliphatic carbocycles. The third-order valence-corrected chi connectivity index (χ3v) is 8.86. The zero-order valence-electron chi connectivity index (χ0n) is 15.1. The van der Waals surface area contributed by atoms with Crippen LogP contribution in [0.5, 0.6) is 0 Å². The molecule has 0 amide bonds. The summed E-state index contributed by atoms with van der Waals surface area (Å²) in [5, 5.41) is 23.7. The molecule has 132 valence electrons. The van der Waals surface area contributed by atoms with Crippen molar-refractivity contribution in [1.82, 2.24) is 0 Å². The summed E-state index contributed by atoms with van der Waals surface area (Å²) in [4.78, 5) is 0. The summed E-state index contributed by atoms with van der Waals surface area (Å²) in [6, 6.07) is 0. The van der Waals surface area contributed by atoms with E-state index in [1.54, 1.807) is 0 Å². The fourth-order valence-corrected chi connectivity index (χ4v) is 7.33. The molecular weight excluding hydrogens is 298 g/mol. The van der Waals surface area contributed by atoms with E-state index in [0.29, 0.717) is 17.3 Å². The average molecular weight is 329 g/mol. The molecule has 0 aromatic carbocycles. The Balaban J connectivity index is 1.62. The van der Waals surface area contributed by atoms with Crippen LogP contribution in [0, 0.1) is 46.8 Å². The molecule has 0 spiro atoms. The van der Waals surface area contributed by atoms with Crippen LogP contribution in [0.25, 0.3) is 0 Å². The molecule has 24 heavy (non-hydrogen) atoms. The Kier molecular flexibility index (Phi) is 3.59. The summed E-state index contributed by atoms with van der Waals surface area (Å²) in [6.45, 7) is 4.81. The molecule has 0 radical (unpaired) electrons. The molecule has 0 aromatic rings. The van der Waals surface area contributed by atoms with E-state index in [4.69, 9.17) is 6.42 Å². The van der Waals surface area contributed by atoms with Gasteiger partial charge >= 0.3 is 0 Å². The molecular formula is C21H31NO2. The van der Waals surface area contributed by atoms with Crippen LogP contribution in [-0.2, 0) is 0 Å². The van der Waals surface area contributed by atoms with Crippen LogP contribution in [0.2, 0.25) is 0 Å². The Morgan fingerprint density at radius 3 is 2.58 bits per heavy atom. The van der Waals surface area contributed by atoms with Crippen molar-refractivity contribution >= 4 is 5.71 Å². The van der Waals surface area contributed by atoms with Crippen molar-refractivity contribution < 1.29 is 10.3 Å². The van der Waals surface area contributed by atoms with Crippen LogP contribution in [0.4, 0.5) is 0 Å². The van der Waals surface area contributed by atoms with Crippen LogP contribution in [0.1, 0.15) is 71.6 Å². The molecule has 0 saturated heterocycles. The Morgan fingerprint density at radius 1 is 1.08 bits per heavy atom. The maximum atomic E-state index is 10.6. The molecule has 2 N–H and O–H groups in total. The zero-order chi connectivity index (χ0) is 17.2. The summed E-state index contributed by atoms with van der Waals surface area (Å²) < 4.78 is 0. The van der Waals surface area contributed by atoms with Crippen molar-refractivity contribution in [1.29, 1.82) is 0 Å². The lowest BCUT2D eigenvalue weighted by Gasteiger charge is -2.61. The average Bonchev–Trinajstić information content (AvgIpc) is 2.92. The van der Waals surface area contributed by atoms with Gasteiger partial charge in [-0.25, -0.2) is 0 Å². The van der Waals surface area contributed by atoms with Gasteiger partial charge < -0.3 is 10.3 Å². The number of oxime groups is 1. The van der Waals surface area contributed by atoms with E-state index in [0.717, 1.165) is 49.7 Å². The highest BCUT2D eigenvalue weighted by Gasteiger charge is 2.60. The highest BCUT2D eigenvalue weighted by Crippen LogP contribution is 2.66. The Bertz CT molecular complexity index is 607.